The van der Waals surface area contributed by atoms with E-state index in [0.29, 0.717) is 0 Å². The van der Waals surface area contributed by atoms with Crippen molar-refractivity contribution in [2.24, 2.45) is 5.11 Å². The van der Waals surface area contributed by atoms with Crippen molar-refractivity contribution >= 4 is 11.9 Å². The number of ether oxygens (including phenoxy) is 3. The molecule has 0 heterocycles. The molecule has 0 fully saturated rings. The van der Waals surface area contributed by atoms with Crippen molar-refractivity contribution in [3.63, 3.8) is 0 Å². The molecule has 9 heteroatoms. The third kappa shape index (κ3) is 10.5. The molecule has 0 amide bonds. The highest BCUT2D eigenvalue weighted by Gasteiger charge is 2.06. The Balaban J connectivity index is 3.33. The van der Waals surface area contributed by atoms with E-state index in [-0.39, 0.29) is 26.4 Å². The van der Waals surface area contributed by atoms with Crippen LogP contribution in [0.5, 0.6) is 0 Å². The molecule has 0 aliphatic rings. The average Bonchev–Trinajstić information content (AvgIpc) is 2.34. The van der Waals surface area contributed by atoms with Gasteiger partial charge in [-0.3, -0.25) is 0 Å². The summed E-state index contributed by atoms with van der Waals surface area (Å²) in [6.07, 6.45) is 0. The van der Waals surface area contributed by atoms with E-state index in [2.05, 4.69) is 19.5 Å². The Morgan fingerprint density at radius 2 is 1.94 bits per heavy atom. The highest BCUT2D eigenvalue weighted by molar-refractivity contribution is 5.76. The summed E-state index contributed by atoms with van der Waals surface area (Å²) in [5.41, 5.74) is 7.94. The molecular formula is C8H13N3O6. The first kappa shape index (κ1) is 15.2. The minimum atomic E-state index is -0.896. The summed E-state index contributed by atoms with van der Waals surface area (Å²) in [6, 6.07) is 0. The van der Waals surface area contributed by atoms with Crippen molar-refractivity contribution in [2.75, 3.05) is 39.6 Å². The fourth-order valence-corrected chi connectivity index (χ4v) is 0.693. The van der Waals surface area contributed by atoms with Gasteiger partial charge in [-0.05, 0) is 5.53 Å². The third-order valence-corrected chi connectivity index (χ3v) is 1.37. The van der Waals surface area contributed by atoms with Crippen molar-refractivity contribution in [1.82, 2.24) is 0 Å². The topological polar surface area (TPSA) is 131 Å². The molecule has 0 radical (unpaired) electrons. The summed E-state index contributed by atoms with van der Waals surface area (Å²) in [5, 5.41) is 11.5. The Hall–Kier alpha value is -1.83. The van der Waals surface area contributed by atoms with Crippen LogP contribution >= 0.6 is 0 Å². The lowest BCUT2D eigenvalue weighted by molar-refractivity contribution is -0.161. The van der Waals surface area contributed by atoms with Gasteiger partial charge in [0.25, 0.3) is 0 Å². The molecule has 0 aromatic rings. The molecule has 0 rings (SSSR count). The molecule has 9 nitrogen and oxygen atoms in total. The zero-order valence-corrected chi connectivity index (χ0v) is 9.07. The maximum atomic E-state index is 10.9. The quantitative estimate of drug-likeness (QED) is 0.190. The summed E-state index contributed by atoms with van der Waals surface area (Å²) >= 11 is 0. The van der Waals surface area contributed by atoms with Crippen LogP contribution < -0.4 is 0 Å². The molecule has 0 aromatic heterocycles. The van der Waals surface area contributed by atoms with Crippen molar-refractivity contribution < 1.29 is 28.9 Å². The van der Waals surface area contributed by atoms with E-state index >= 15 is 0 Å². The van der Waals surface area contributed by atoms with Gasteiger partial charge in [0.2, 0.25) is 0 Å². The Bertz CT molecular complexity index is 289. The number of rotatable bonds is 9. The average molecular weight is 247 g/mol. The molecule has 0 saturated heterocycles. The zero-order valence-electron chi connectivity index (χ0n) is 9.07. The van der Waals surface area contributed by atoms with E-state index in [1.807, 2.05) is 0 Å². The number of esters is 2. The predicted octanol–water partition coefficient (Wildman–Crippen LogP) is -0.608. The largest absolute Gasteiger partial charge is 0.461 e. The molecule has 17 heavy (non-hydrogen) atoms. The molecule has 1 N–H and O–H groups in total. The second kappa shape index (κ2) is 10.7. The van der Waals surface area contributed by atoms with Crippen LogP contribution in [0.3, 0.4) is 0 Å². The molecule has 0 bridgehead atoms. The number of hydrogen-bond donors (Lipinski definition) is 1. The van der Waals surface area contributed by atoms with Gasteiger partial charge < -0.3 is 19.3 Å². The van der Waals surface area contributed by atoms with Gasteiger partial charge in [0.05, 0.1) is 13.2 Å². The fourth-order valence-electron chi connectivity index (χ4n) is 0.693. The van der Waals surface area contributed by atoms with Crippen molar-refractivity contribution in [2.45, 2.75) is 0 Å². The van der Waals surface area contributed by atoms with Crippen LogP contribution in [0.2, 0.25) is 0 Å². The fraction of sp³-hybridized carbons (Fsp3) is 0.750. The van der Waals surface area contributed by atoms with Gasteiger partial charge in [-0.25, -0.2) is 9.59 Å². The first-order chi connectivity index (χ1) is 8.20. The van der Waals surface area contributed by atoms with Crippen LogP contribution in [0.25, 0.3) is 10.4 Å². The summed E-state index contributed by atoms with van der Waals surface area (Å²) < 4.78 is 13.9. The van der Waals surface area contributed by atoms with E-state index in [9.17, 15) is 9.59 Å². The standard InChI is InChI=1S/C8H13N3O6/c9-11-10-1-2-15-3-4-16-8(14)6-17-7(13)5-12/h12H,1-6H2. The van der Waals surface area contributed by atoms with Gasteiger partial charge >= 0.3 is 11.9 Å². The molecule has 0 spiro atoms. The molecule has 0 aliphatic heterocycles. The Morgan fingerprint density at radius 1 is 1.18 bits per heavy atom. The lowest BCUT2D eigenvalue weighted by atomic mass is 10.6. The number of carbonyl (C=O) groups excluding carboxylic acids is 2. The first-order valence-electron chi connectivity index (χ1n) is 4.71. The SMILES string of the molecule is [N-]=[N+]=NCCOCCOC(=O)COC(=O)CO. The van der Waals surface area contributed by atoms with Crippen molar-refractivity contribution in [3.05, 3.63) is 10.4 Å². The molecule has 0 atom stereocenters. The summed E-state index contributed by atoms with van der Waals surface area (Å²) in [4.78, 5) is 23.9. The van der Waals surface area contributed by atoms with Crippen LogP contribution in [0.15, 0.2) is 5.11 Å². The number of nitrogens with zero attached hydrogens (tertiary/aromatic N) is 3. The van der Waals surface area contributed by atoms with E-state index < -0.39 is 25.2 Å². The van der Waals surface area contributed by atoms with E-state index in [4.69, 9.17) is 15.4 Å². The Kier molecular flexibility index (Phi) is 9.53. The number of aliphatic hydroxyl groups excluding tert-OH is 1. The van der Waals surface area contributed by atoms with Crippen LogP contribution in [-0.2, 0) is 23.8 Å². The van der Waals surface area contributed by atoms with Crippen LogP contribution in [0.1, 0.15) is 0 Å². The van der Waals surface area contributed by atoms with Gasteiger partial charge in [0, 0.05) is 11.5 Å². The number of hydrogen-bond acceptors (Lipinski definition) is 7. The second-order valence-electron chi connectivity index (χ2n) is 2.61. The third-order valence-electron chi connectivity index (χ3n) is 1.37. The Morgan fingerprint density at radius 3 is 2.59 bits per heavy atom. The Labute approximate surface area is 96.9 Å². The maximum absolute atomic E-state index is 10.9. The zero-order chi connectivity index (χ0) is 12.9. The normalized spacial score (nSPS) is 9.24. The van der Waals surface area contributed by atoms with Gasteiger partial charge in [-0.2, -0.15) is 0 Å². The summed E-state index contributed by atoms with van der Waals surface area (Å²) in [7, 11) is 0. The van der Waals surface area contributed by atoms with Gasteiger partial charge in [-0.1, -0.05) is 5.11 Å². The number of carbonyl (C=O) groups is 2. The van der Waals surface area contributed by atoms with E-state index in [1.165, 1.54) is 0 Å². The van der Waals surface area contributed by atoms with E-state index in [1.54, 1.807) is 0 Å². The molecule has 0 unspecified atom stereocenters. The second-order valence-corrected chi connectivity index (χ2v) is 2.61. The van der Waals surface area contributed by atoms with Gasteiger partial charge in [-0.15, -0.1) is 0 Å². The first-order valence-corrected chi connectivity index (χ1v) is 4.71. The molecule has 0 aliphatic carbocycles. The van der Waals surface area contributed by atoms with Crippen molar-refractivity contribution in [3.8, 4) is 0 Å². The van der Waals surface area contributed by atoms with Crippen LogP contribution in [0, 0.1) is 0 Å². The lowest BCUT2D eigenvalue weighted by Crippen LogP contribution is -2.20. The van der Waals surface area contributed by atoms with Gasteiger partial charge in [0.15, 0.2) is 6.61 Å². The minimum Gasteiger partial charge on any atom is -0.461 e. The van der Waals surface area contributed by atoms with Gasteiger partial charge in [0.1, 0.15) is 13.2 Å². The smallest absolute Gasteiger partial charge is 0.344 e. The minimum absolute atomic E-state index is 0.00573. The van der Waals surface area contributed by atoms with Crippen LogP contribution in [0.4, 0.5) is 0 Å². The van der Waals surface area contributed by atoms with Crippen molar-refractivity contribution in [1.29, 1.82) is 0 Å². The summed E-state index contributed by atoms with van der Waals surface area (Å²) in [5.74, 6) is -1.63. The number of azide groups is 1. The summed E-state index contributed by atoms with van der Waals surface area (Å²) in [6.45, 7) is -0.722. The molecular weight excluding hydrogens is 234 g/mol. The monoisotopic (exact) mass is 247 g/mol. The predicted molar refractivity (Wildman–Crippen MR) is 53.8 cm³/mol. The molecule has 0 aromatic carbocycles. The lowest BCUT2D eigenvalue weighted by Gasteiger charge is -2.05. The highest BCUT2D eigenvalue weighted by Crippen LogP contribution is 1.85. The van der Waals surface area contributed by atoms with E-state index in [0.717, 1.165) is 0 Å². The van der Waals surface area contributed by atoms with Crippen LogP contribution in [-0.4, -0.2) is 56.6 Å². The molecule has 0 saturated carbocycles. The number of aliphatic hydroxyl groups is 1. The molecule has 96 valence electrons. The highest BCUT2D eigenvalue weighted by atomic mass is 16.6. The maximum Gasteiger partial charge on any atom is 0.344 e.